The maximum atomic E-state index is 13.0. The van der Waals surface area contributed by atoms with Crippen molar-refractivity contribution in [3.8, 4) is 0 Å². The molecule has 29 heavy (non-hydrogen) atoms. The highest BCUT2D eigenvalue weighted by molar-refractivity contribution is 5.99. The van der Waals surface area contributed by atoms with Crippen molar-refractivity contribution in [2.75, 3.05) is 52.5 Å². The van der Waals surface area contributed by atoms with Crippen LogP contribution in [-0.4, -0.2) is 79.0 Å². The molecule has 6 heteroatoms. The molecule has 0 radical (unpaired) electrons. The van der Waals surface area contributed by atoms with Crippen LogP contribution in [0.1, 0.15) is 26.3 Å². The molecule has 2 aliphatic heterocycles. The zero-order valence-electron chi connectivity index (χ0n) is 16.6. The van der Waals surface area contributed by atoms with Crippen LogP contribution in [-0.2, 0) is 11.3 Å². The van der Waals surface area contributed by atoms with Crippen LogP contribution in [0.4, 0.5) is 0 Å². The number of ether oxygens (including phenoxy) is 1. The Morgan fingerprint density at radius 2 is 1.31 bits per heavy atom. The normalized spacial score (nSPS) is 17.9. The van der Waals surface area contributed by atoms with Crippen molar-refractivity contribution in [1.29, 1.82) is 0 Å². The Bertz CT molecular complexity index is 841. The van der Waals surface area contributed by atoms with Crippen LogP contribution in [0.3, 0.4) is 0 Å². The fourth-order valence-electron chi connectivity index (χ4n) is 3.87. The molecule has 152 valence electrons. The number of carbonyl (C=O) groups excluding carboxylic acids is 2. The minimum absolute atomic E-state index is 0.000915. The van der Waals surface area contributed by atoms with Gasteiger partial charge in [-0.1, -0.05) is 36.4 Å². The molecule has 2 fully saturated rings. The van der Waals surface area contributed by atoms with Gasteiger partial charge in [-0.15, -0.1) is 0 Å². The molecule has 2 aliphatic rings. The lowest BCUT2D eigenvalue weighted by molar-refractivity contribution is 0.0303. The second kappa shape index (κ2) is 9.20. The van der Waals surface area contributed by atoms with Gasteiger partial charge in [-0.2, -0.15) is 0 Å². The topological polar surface area (TPSA) is 53.1 Å². The van der Waals surface area contributed by atoms with Crippen LogP contribution in [0.15, 0.2) is 54.6 Å². The quantitative estimate of drug-likeness (QED) is 0.799. The molecule has 2 heterocycles. The Balaban J connectivity index is 1.35. The molecule has 0 N–H and O–H groups in total. The molecule has 0 bridgehead atoms. The first-order valence-corrected chi connectivity index (χ1v) is 10.2. The number of nitrogens with zero attached hydrogens (tertiary/aromatic N) is 3. The molecule has 2 aromatic rings. The highest BCUT2D eigenvalue weighted by Crippen LogP contribution is 2.15. The van der Waals surface area contributed by atoms with Gasteiger partial charge in [0.25, 0.3) is 11.8 Å². The van der Waals surface area contributed by atoms with E-state index < -0.39 is 0 Å². The number of hydrogen-bond donors (Lipinski definition) is 0. The number of amides is 2. The monoisotopic (exact) mass is 393 g/mol. The van der Waals surface area contributed by atoms with Crippen molar-refractivity contribution in [3.05, 3.63) is 71.3 Å². The van der Waals surface area contributed by atoms with Crippen molar-refractivity contribution < 1.29 is 14.3 Å². The van der Waals surface area contributed by atoms with E-state index in [-0.39, 0.29) is 11.8 Å². The number of rotatable bonds is 4. The minimum Gasteiger partial charge on any atom is -0.378 e. The molecule has 2 amide bonds. The van der Waals surface area contributed by atoms with E-state index in [1.165, 1.54) is 5.56 Å². The summed E-state index contributed by atoms with van der Waals surface area (Å²) in [6.45, 7) is 6.35. The zero-order valence-corrected chi connectivity index (χ0v) is 16.6. The van der Waals surface area contributed by atoms with E-state index in [4.69, 9.17) is 4.74 Å². The van der Waals surface area contributed by atoms with E-state index in [9.17, 15) is 9.59 Å². The van der Waals surface area contributed by atoms with Crippen LogP contribution < -0.4 is 0 Å². The largest absolute Gasteiger partial charge is 0.378 e. The third-order valence-electron chi connectivity index (χ3n) is 5.56. The van der Waals surface area contributed by atoms with Crippen LogP contribution in [0.2, 0.25) is 0 Å². The minimum atomic E-state index is -0.0318. The van der Waals surface area contributed by atoms with E-state index in [0.29, 0.717) is 50.5 Å². The number of piperazine rings is 1. The van der Waals surface area contributed by atoms with Crippen molar-refractivity contribution in [2.24, 2.45) is 0 Å². The summed E-state index contributed by atoms with van der Waals surface area (Å²) in [6.07, 6.45) is 0. The predicted molar refractivity (Wildman–Crippen MR) is 111 cm³/mol. The van der Waals surface area contributed by atoms with Gasteiger partial charge in [0.1, 0.15) is 0 Å². The first-order valence-electron chi connectivity index (χ1n) is 10.2. The number of carbonyl (C=O) groups is 2. The molecule has 0 aromatic heterocycles. The second-order valence-corrected chi connectivity index (χ2v) is 7.54. The van der Waals surface area contributed by atoms with Crippen molar-refractivity contribution in [1.82, 2.24) is 14.7 Å². The highest BCUT2D eigenvalue weighted by atomic mass is 16.5. The maximum Gasteiger partial charge on any atom is 0.254 e. The Kier molecular flexibility index (Phi) is 6.22. The molecule has 4 rings (SSSR count). The highest BCUT2D eigenvalue weighted by Gasteiger charge is 2.24. The molecule has 2 saturated heterocycles. The summed E-state index contributed by atoms with van der Waals surface area (Å²) < 4.78 is 5.31. The molecular formula is C23H27N3O3. The number of morpholine rings is 1. The number of benzene rings is 2. The molecular weight excluding hydrogens is 366 g/mol. The van der Waals surface area contributed by atoms with E-state index in [1.54, 1.807) is 29.2 Å². The van der Waals surface area contributed by atoms with E-state index >= 15 is 0 Å². The van der Waals surface area contributed by atoms with Gasteiger partial charge in [-0.25, -0.2) is 0 Å². The first-order chi connectivity index (χ1) is 14.2. The SMILES string of the molecule is O=C(c1cccc(C(=O)N2CCN(Cc3ccccc3)CC2)c1)N1CCOCC1. The second-order valence-electron chi connectivity index (χ2n) is 7.54. The molecule has 0 spiro atoms. The average molecular weight is 393 g/mol. The lowest BCUT2D eigenvalue weighted by Gasteiger charge is -2.35. The first kappa shape index (κ1) is 19.6. The van der Waals surface area contributed by atoms with Gasteiger partial charge in [-0.3, -0.25) is 14.5 Å². The number of hydrogen-bond acceptors (Lipinski definition) is 4. The summed E-state index contributed by atoms with van der Waals surface area (Å²) in [5.41, 5.74) is 2.45. The Labute approximate surface area is 171 Å². The molecule has 0 unspecified atom stereocenters. The molecule has 0 saturated carbocycles. The molecule has 0 atom stereocenters. The van der Waals surface area contributed by atoms with Gasteiger partial charge in [0, 0.05) is 56.9 Å². The van der Waals surface area contributed by atoms with Crippen LogP contribution in [0.25, 0.3) is 0 Å². The van der Waals surface area contributed by atoms with E-state index in [1.807, 2.05) is 11.0 Å². The summed E-state index contributed by atoms with van der Waals surface area (Å²) in [7, 11) is 0. The van der Waals surface area contributed by atoms with Crippen molar-refractivity contribution in [2.45, 2.75) is 6.54 Å². The Morgan fingerprint density at radius 3 is 1.93 bits per heavy atom. The fraction of sp³-hybridized carbons (Fsp3) is 0.391. The van der Waals surface area contributed by atoms with Crippen molar-refractivity contribution >= 4 is 11.8 Å². The smallest absolute Gasteiger partial charge is 0.254 e. The molecule has 2 aromatic carbocycles. The summed E-state index contributed by atoms with van der Waals surface area (Å²) in [6, 6.07) is 17.5. The zero-order chi connectivity index (χ0) is 20.1. The predicted octanol–water partition coefficient (Wildman–Crippen LogP) is 2.12. The average Bonchev–Trinajstić information content (AvgIpc) is 2.80. The molecule has 0 aliphatic carbocycles. The lowest BCUT2D eigenvalue weighted by atomic mass is 10.1. The summed E-state index contributed by atoms with van der Waals surface area (Å²) >= 11 is 0. The summed E-state index contributed by atoms with van der Waals surface area (Å²) in [5, 5.41) is 0. The Morgan fingerprint density at radius 1 is 0.724 bits per heavy atom. The van der Waals surface area contributed by atoms with E-state index in [0.717, 1.165) is 19.6 Å². The maximum absolute atomic E-state index is 13.0. The third-order valence-corrected chi connectivity index (χ3v) is 5.56. The fourth-order valence-corrected chi connectivity index (χ4v) is 3.87. The van der Waals surface area contributed by atoms with Crippen LogP contribution >= 0.6 is 0 Å². The van der Waals surface area contributed by atoms with Crippen LogP contribution in [0.5, 0.6) is 0 Å². The summed E-state index contributed by atoms with van der Waals surface area (Å²) in [5.74, 6) is -0.0309. The molecule has 6 nitrogen and oxygen atoms in total. The van der Waals surface area contributed by atoms with Gasteiger partial charge < -0.3 is 14.5 Å². The van der Waals surface area contributed by atoms with Gasteiger partial charge in [0.15, 0.2) is 0 Å². The van der Waals surface area contributed by atoms with Gasteiger partial charge >= 0.3 is 0 Å². The third kappa shape index (κ3) is 4.83. The van der Waals surface area contributed by atoms with E-state index in [2.05, 4.69) is 29.2 Å². The standard InChI is InChI=1S/C23H27N3O3/c27-22(25-11-9-24(10-12-25)18-19-5-2-1-3-6-19)20-7-4-8-21(17-20)23(28)26-13-15-29-16-14-26/h1-8,17H,9-16,18H2. The van der Waals surface area contributed by atoms with Crippen molar-refractivity contribution in [3.63, 3.8) is 0 Å². The lowest BCUT2D eigenvalue weighted by Crippen LogP contribution is -2.48. The van der Waals surface area contributed by atoms with Gasteiger partial charge in [-0.05, 0) is 23.8 Å². The van der Waals surface area contributed by atoms with Crippen LogP contribution in [0, 0.1) is 0 Å². The van der Waals surface area contributed by atoms with Gasteiger partial charge in [0.05, 0.1) is 13.2 Å². The Hall–Kier alpha value is -2.70. The summed E-state index contributed by atoms with van der Waals surface area (Å²) in [4.78, 5) is 31.7. The van der Waals surface area contributed by atoms with Gasteiger partial charge in [0.2, 0.25) is 0 Å².